The lowest BCUT2D eigenvalue weighted by molar-refractivity contribution is -0.384. The molecule has 3 aromatic rings. The fourth-order valence-corrected chi connectivity index (χ4v) is 5.52. The third-order valence-electron chi connectivity index (χ3n) is 7.46. The lowest BCUT2D eigenvalue weighted by Crippen LogP contribution is -2.46. The van der Waals surface area contributed by atoms with E-state index < -0.39 is 0 Å². The molecule has 1 atom stereocenters. The Labute approximate surface area is 222 Å². The summed E-state index contributed by atoms with van der Waals surface area (Å²) in [4.78, 5) is 18.7. The summed E-state index contributed by atoms with van der Waals surface area (Å²) < 4.78 is 17.0. The molecule has 198 valence electrons. The van der Waals surface area contributed by atoms with Crippen LogP contribution in [0, 0.1) is 10.1 Å². The van der Waals surface area contributed by atoms with E-state index >= 15 is 0 Å². The van der Waals surface area contributed by atoms with E-state index in [0.717, 1.165) is 69.3 Å². The largest absolute Gasteiger partial charge is 0.454 e. The third kappa shape index (κ3) is 5.31. The molecule has 0 N–H and O–H groups in total. The van der Waals surface area contributed by atoms with E-state index in [9.17, 15) is 10.1 Å². The van der Waals surface area contributed by atoms with Crippen molar-refractivity contribution in [2.24, 2.45) is 0 Å². The Hall–Kier alpha value is -3.66. The predicted octanol–water partition coefficient (Wildman–Crippen LogP) is 4.57. The van der Waals surface area contributed by atoms with Gasteiger partial charge in [-0.2, -0.15) is 0 Å². The van der Waals surface area contributed by atoms with Crippen LogP contribution in [0.5, 0.6) is 11.5 Å². The van der Waals surface area contributed by atoms with Crippen LogP contribution in [0.3, 0.4) is 0 Å². The summed E-state index contributed by atoms with van der Waals surface area (Å²) in [7, 11) is 0. The summed E-state index contributed by atoms with van der Waals surface area (Å²) >= 11 is 0. The van der Waals surface area contributed by atoms with Gasteiger partial charge in [0.15, 0.2) is 11.5 Å². The van der Waals surface area contributed by atoms with E-state index in [2.05, 4.69) is 32.9 Å². The lowest BCUT2D eigenvalue weighted by Gasteiger charge is -2.37. The summed E-state index contributed by atoms with van der Waals surface area (Å²) in [6, 6.07) is 21.9. The minimum atomic E-state index is -0.296. The average Bonchev–Trinajstić information content (AvgIpc) is 3.42. The Bertz CT molecular complexity index is 1280. The van der Waals surface area contributed by atoms with Gasteiger partial charge in [0.1, 0.15) is 11.9 Å². The number of nitro groups is 1. The maximum Gasteiger partial charge on any atom is 0.292 e. The Morgan fingerprint density at radius 2 is 1.66 bits per heavy atom. The number of ether oxygens (including phenoxy) is 3. The van der Waals surface area contributed by atoms with Gasteiger partial charge in [-0.15, -0.1) is 0 Å². The summed E-state index contributed by atoms with van der Waals surface area (Å²) in [5, 5.41) is 12.2. The van der Waals surface area contributed by atoms with Crippen molar-refractivity contribution in [3.63, 3.8) is 0 Å². The average molecular weight is 517 g/mol. The van der Waals surface area contributed by atoms with Crippen molar-refractivity contribution in [3.05, 3.63) is 93.5 Å². The standard InChI is InChI=1S/C29H32N4O5/c34-33(35)26-18-24(29-32(11-4-16-36-29)20-22-5-2-1-3-6-22)8-9-25(26)31-14-12-30(13-15-31)19-23-7-10-27-28(17-23)38-21-37-27/h1-3,5-10,17-18,29H,4,11-16,19-21H2/t29-/m1/s1. The molecule has 6 rings (SSSR count). The van der Waals surface area contributed by atoms with Gasteiger partial charge in [0.2, 0.25) is 6.79 Å². The predicted molar refractivity (Wildman–Crippen MR) is 143 cm³/mol. The molecule has 0 spiro atoms. The highest BCUT2D eigenvalue weighted by atomic mass is 16.7. The topological polar surface area (TPSA) is 80.6 Å². The molecule has 0 radical (unpaired) electrons. The molecule has 9 heteroatoms. The molecule has 0 bridgehead atoms. The molecule has 2 saturated heterocycles. The zero-order valence-corrected chi connectivity index (χ0v) is 21.3. The minimum absolute atomic E-state index is 0.139. The van der Waals surface area contributed by atoms with Crippen molar-refractivity contribution < 1.29 is 19.1 Å². The fraction of sp³-hybridized carbons (Fsp3) is 0.379. The van der Waals surface area contributed by atoms with E-state index in [1.807, 2.05) is 42.5 Å². The number of rotatable bonds is 7. The molecule has 0 saturated carbocycles. The van der Waals surface area contributed by atoms with Gasteiger partial charge < -0.3 is 19.1 Å². The van der Waals surface area contributed by atoms with Crippen LogP contribution in [0.2, 0.25) is 0 Å². The van der Waals surface area contributed by atoms with Gasteiger partial charge in [0.25, 0.3) is 5.69 Å². The second-order valence-corrected chi connectivity index (χ2v) is 9.99. The number of fused-ring (bicyclic) bond motifs is 1. The molecule has 3 aliphatic rings. The first-order valence-electron chi connectivity index (χ1n) is 13.2. The highest BCUT2D eigenvalue weighted by molar-refractivity contribution is 5.65. The van der Waals surface area contributed by atoms with Crippen LogP contribution in [-0.2, 0) is 17.8 Å². The highest BCUT2D eigenvalue weighted by Crippen LogP contribution is 2.36. The first kappa shape index (κ1) is 24.7. The van der Waals surface area contributed by atoms with Crippen LogP contribution in [0.15, 0.2) is 66.7 Å². The van der Waals surface area contributed by atoms with E-state index in [-0.39, 0.29) is 23.6 Å². The minimum Gasteiger partial charge on any atom is -0.454 e. The van der Waals surface area contributed by atoms with Crippen molar-refractivity contribution >= 4 is 11.4 Å². The van der Waals surface area contributed by atoms with Crippen LogP contribution >= 0.6 is 0 Å². The maximum absolute atomic E-state index is 12.2. The molecule has 3 aromatic carbocycles. The van der Waals surface area contributed by atoms with Crippen LogP contribution < -0.4 is 14.4 Å². The van der Waals surface area contributed by atoms with Gasteiger partial charge in [0.05, 0.1) is 11.5 Å². The number of piperazine rings is 1. The van der Waals surface area contributed by atoms with Gasteiger partial charge in [-0.05, 0) is 35.7 Å². The van der Waals surface area contributed by atoms with Crippen molar-refractivity contribution in [1.82, 2.24) is 9.80 Å². The Morgan fingerprint density at radius 1 is 0.842 bits per heavy atom. The summed E-state index contributed by atoms with van der Waals surface area (Å²) in [5.74, 6) is 1.58. The van der Waals surface area contributed by atoms with Crippen molar-refractivity contribution in [2.75, 3.05) is 51.0 Å². The first-order chi connectivity index (χ1) is 18.6. The van der Waals surface area contributed by atoms with Crippen molar-refractivity contribution in [3.8, 4) is 11.5 Å². The number of nitrogens with zero attached hydrogens (tertiary/aromatic N) is 4. The third-order valence-corrected chi connectivity index (χ3v) is 7.46. The summed E-state index contributed by atoms with van der Waals surface area (Å²) in [6.45, 7) is 6.46. The van der Waals surface area contributed by atoms with Crippen molar-refractivity contribution in [1.29, 1.82) is 0 Å². The van der Waals surface area contributed by atoms with Crippen molar-refractivity contribution in [2.45, 2.75) is 25.7 Å². The Morgan fingerprint density at radius 3 is 2.47 bits per heavy atom. The number of benzene rings is 3. The maximum atomic E-state index is 12.2. The zero-order valence-electron chi connectivity index (χ0n) is 21.3. The van der Waals surface area contributed by atoms with E-state index in [4.69, 9.17) is 14.2 Å². The van der Waals surface area contributed by atoms with Gasteiger partial charge in [0, 0.05) is 57.4 Å². The molecule has 0 amide bonds. The van der Waals surface area contributed by atoms with Crippen LogP contribution in [0.1, 0.15) is 29.3 Å². The van der Waals surface area contributed by atoms with Gasteiger partial charge in [-0.25, -0.2) is 0 Å². The molecule has 0 aromatic heterocycles. The van der Waals surface area contributed by atoms with Crippen LogP contribution in [0.25, 0.3) is 0 Å². The zero-order chi connectivity index (χ0) is 25.9. The van der Waals surface area contributed by atoms with E-state index in [1.165, 1.54) is 11.1 Å². The number of anilines is 1. The summed E-state index contributed by atoms with van der Waals surface area (Å²) in [5.41, 5.74) is 4.02. The highest BCUT2D eigenvalue weighted by Gasteiger charge is 2.29. The number of nitro benzene ring substituents is 1. The summed E-state index contributed by atoms with van der Waals surface area (Å²) in [6.07, 6.45) is 0.648. The molecular formula is C29H32N4O5. The second-order valence-electron chi connectivity index (χ2n) is 9.99. The number of hydrogen-bond acceptors (Lipinski definition) is 8. The molecule has 38 heavy (non-hydrogen) atoms. The van der Waals surface area contributed by atoms with Gasteiger partial charge >= 0.3 is 0 Å². The first-order valence-corrected chi connectivity index (χ1v) is 13.2. The van der Waals surface area contributed by atoms with Gasteiger partial charge in [-0.3, -0.25) is 19.9 Å². The lowest BCUT2D eigenvalue weighted by atomic mass is 10.1. The Balaban J connectivity index is 1.14. The van der Waals surface area contributed by atoms with E-state index in [1.54, 1.807) is 6.07 Å². The number of hydrogen-bond donors (Lipinski definition) is 0. The molecular weight excluding hydrogens is 484 g/mol. The molecule has 9 nitrogen and oxygen atoms in total. The van der Waals surface area contributed by atoms with E-state index in [0.29, 0.717) is 12.3 Å². The fourth-order valence-electron chi connectivity index (χ4n) is 5.52. The molecule has 3 heterocycles. The smallest absolute Gasteiger partial charge is 0.292 e. The second kappa shape index (κ2) is 11.0. The molecule has 2 fully saturated rings. The SMILES string of the molecule is O=[N+]([O-])c1cc([C@H]2OCCCN2Cc2ccccc2)ccc1N1CCN(Cc2ccc3c(c2)OCO3)CC1. The van der Waals surface area contributed by atoms with Crippen LogP contribution in [-0.4, -0.2) is 60.8 Å². The van der Waals surface area contributed by atoms with Crippen LogP contribution in [0.4, 0.5) is 11.4 Å². The molecule has 0 aliphatic carbocycles. The normalized spacial score (nSPS) is 20.0. The molecule has 3 aliphatic heterocycles. The quantitative estimate of drug-likeness (QED) is 0.334. The Kier molecular flexibility index (Phi) is 7.13. The monoisotopic (exact) mass is 516 g/mol. The molecule has 0 unspecified atom stereocenters. The van der Waals surface area contributed by atoms with Gasteiger partial charge in [-0.1, -0.05) is 42.5 Å².